The number of sulfone groups is 1. The Morgan fingerprint density at radius 3 is 2.63 bits per heavy atom. The number of amidine groups is 1. The molecule has 2 aromatic carbocycles. The number of thioether (sulfide) groups is 1. The largest absolute Gasteiger partial charge is 0.352 e. The van der Waals surface area contributed by atoms with E-state index in [1.807, 2.05) is 25.1 Å². The number of anilines is 1. The third-order valence-electron chi connectivity index (χ3n) is 5.38. The van der Waals surface area contributed by atoms with Crippen LogP contribution in [0.25, 0.3) is 0 Å². The Kier molecular flexibility index (Phi) is 5.88. The number of carbonyl (C=O) groups excluding carboxylic acids is 1. The molecule has 0 radical (unpaired) electrons. The first-order valence-corrected chi connectivity index (χ1v) is 12.7. The molecule has 2 aliphatic heterocycles. The SMILES string of the molecule is Cc1ccc(CCNC(=O)c2ccc(C)c(NC3=N[C@@H]4CS(=O)(=O)C[C@@H]4S3)c2)cc1. The lowest BCUT2D eigenvalue weighted by molar-refractivity contribution is 0.0954. The molecule has 0 saturated carbocycles. The molecule has 1 saturated heterocycles. The van der Waals surface area contributed by atoms with Crippen LogP contribution in [0, 0.1) is 13.8 Å². The number of nitrogens with zero attached hydrogens (tertiary/aromatic N) is 1. The van der Waals surface area contributed by atoms with Gasteiger partial charge in [-0.05, 0) is 43.5 Å². The first-order chi connectivity index (χ1) is 14.3. The van der Waals surface area contributed by atoms with Crippen molar-refractivity contribution in [1.82, 2.24) is 5.32 Å². The van der Waals surface area contributed by atoms with Crippen molar-refractivity contribution in [3.05, 3.63) is 64.7 Å². The molecule has 0 spiro atoms. The van der Waals surface area contributed by atoms with Gasteiger partial charge in [0.1, 0.15) is 0 Å². The van der Waals surface area contributed by atoms with E-state index in [2.05, 4.69) is 46.8 Å². The summed E-state index contributed by atoms with van der Waals surface area (Å²) >= 11 is 1.47. The quantitative estimate of drug-likeness (QED) is 0.742. The summed E-state index contributed by atoms with van der Waals surface area (Å²) < 4.78 is 23.5. The van der Waals surface area contributed by atoms with E-state index in [1.54, 1.807) is 0 Å². The second-order valence-electron chi connectivity index (χ2n) is 7.88. The Balaban J connectivity index is 1.37. The maximum absolute atomic E-state index is 12.6. The molecule has 6 nitrogen and oxygen atoms in total. The summed E-state index contributed by atoms with van der Waals surface area (Å²) in [7, 11) is -2.97. The number of aryl methyl sites for hydroxylation is 2. The standard InChI is InChI=1S/C22H25N3O3S2/c1-14-3-6-16(7-4-14)9-10-23-21(26)17-8-5-15(2)18(11-17)24-22-25-19-12-30(27,28)13-20(19)29-22/h3-8,11,19-20H,9-10,12-13H2,1-2H3,(H,23,26)(H,24,25)/t19-,20+/m1/s1. The van der Waals surface area contributed by atoms with Gasteiger partial charge < -0.3 is 10.6 Å². The molecule has 158 valence electrons. The molecule has 2 atom stereocenters. The van der Waals surface area contributed by atoms with Crippen molar-refractivity contribution >= 4 is 38.4 Å². The lowest BCUT2D eigenvalue weighted by Crippen LogP contribution is -2.25. The Morgan fingerprint density at radius 1 is 1.13 bits per heavy atom. The molecule has 0 aromatic heterocycles. The Bertz CT molecular complexity index is 1100. The van der Waals surface area contributed by atoms with Crippen LogP contribution in [0.2, 0.25) is 0 Å². The van der Waals surface area contributed by atoms with Crippen LogP contribution in [0.4, 0.5) is 5.69 Å². The van der Waals surface area contributed by atoms with E-state index >= 15 is 0 Å². The number of amides is 1. The van der Waals surface area contributed by atoms with Crippen LogP contribution < -0.4 is 10.6 Å². The molecule has 1 amide bonds. The van der Waals surface area contributed by atoms with Gasteiger partial charge in [0, 0.05) is 23.0 Å². The number of nitrogens with one attached hydrogen (secondary N) is 2. The highest BCUT2D eigenvalue weighted by atomic mass is 32.2. The van der Waals surface area contributed by atoms with Crippen molar-refractivity contribution < 1.29 is 13.2 Å². The Hall–Kier alpha value is -2.32. The first-order valence-electron chi connectivity index (χ1n) is 9.95. The smallest absolute Gasteiger partial charge is 0.251 e. The van der Waals surface area contributed by atoms with Crippen molar-refractivity contribution in [1.29, 1.82) is 0 Å². The summed E-state index contributed by atoms with van der Waals surface area (Å²) in [6, 6.07) is 13.7. The van der Waals surface area contributed by atoms with Gasteiger partial charge >= 0.3 is 0 Å². The molecule has 2 heterocycles. The molecule has 30 heavy (non-hydrogen) atoms. The molecule has 2 aliphatic rings. The molecule has 0 aliphatic carbocycles. The van der Waals surface area contributed by atoms with Crippen LogP contribution in [0.3, 0.4) is 0 Å². The molecule has 4 rings (SSSR count). The lowest BCUT2D eigenvalue weighted by Gasteiger charge is -2.12. The van der Waals surface area contributed by atoms with E-state index in [0.29, 0.717) is 12.1 Å². The van der Waals surface area contributed by atoms with Crippen LogP contribution in [0.1, 0.15) is 27.0 Å². The van der Waals surface area contributed by atoms with Gasteiger partial charge in [-0.15, -0.1) is 0 Å². The van der Waals surface area contributed by atoms with Gasteiger partial charge in [-0.1, -0.05) is 47.7 Å². The van der Waals surface area contributed by atoms with Gasteiger partial charge in [-0.2, -0.15) is 0 Å². The maximum atomic E-state index is 12.6. The third kappa shape index (κ3) is 4.87. The summed E-state index contributed by atoms with van der Waals surface area (Å²) in [6.07, 6.45) is 0.780. The first kappa shape index (κ1) is 20.9. The highest BCUT2D eigenvalue weighted by Crippen LogP contribution is 2.35. The van der Waals surface area contributed by atoms with E-state index in [4.69, 9.17) is 0 Å². The van der Waals surface area contributed by atoms with Crippen LogP contribution in [0.5, 0.6) is 0 Å². The predicted molar refractivity (Wildman–Crippen MR) is 123 cm³/mol. The number of aliphatic imine (C=N–C) groups is 1. The highest BCUT2D eigenvalue weighted by Gasteiger charge is 2.42. The summed E-state index contributed by atoms with van der Waals surface area (Å²) in [5.74, 6) is 0.187. The third-order valence-corrected chi connectivity index (χ3v) is 8.52. The van der Waals surface area contributed by atoms with Crippen molar-refractivity contribution in [2.45, 2.75) is 31.6 Å². The molecule has 2 N–H and O–H groups in total. The minimum Gasteiger partial charge on any atom is -0.352 e. The van der Waals surface area contributed by atoms with E-state index in [1.165, 1.54) is 22.9 Å². The normalized spacial score (nSPS) is 21.7. The van der Waals surface area contributed by atoms with Crippen LogP contribution in [-0.2, 0) is 16.3 Å². The van der Waals surface area contributed by atoms with Crippen molar-refractivity contribution in [2.24, 2.45) is 4.99 Å². The van der Waals surface area contributed by atoms with Gasteiger partial charge in [0.15, 0.2) is 15.0 Å². The number of fused-ring (bicyclic) bond motifs is 1. The van der Waals surface area contributed by atoms with Crippen molar-refractivity contribution in [3.8, 4) is 0 Å². The summed E-state index contributed by atoms with van der Waals surface area (Å²) in [5.41, 5.74) is 4.81. The van der Waals surface area contributed by atoms with Gasteiger partial charge in [0.25, 0.3) is 5.91 Å². The monoisotopic (exact) mass is 443 g/mol. The summed E-state index contributed by atoms with van der Waals surface area (Å²) in [6.45, 7) is 4.59. The number of carbonyl (C=O) groups is 1. The molecule has 0 bridgehead atoms. The number of benzene rings is 2. The zero-order valence-electron chi connectivity index (χ0n) is 17.0. The minimum atomic E-state index is -2.97. The zero-order chi connectivity index (χ0) is 21.3. The zero-order valence-corrected chi connectivity index (χ0v) is 18.6. The minimum absolute atomic E-state index is 0.00828. The van der Waals surface area contributed by atoms with Gasteiger partial charge in [-0.3, -0.25) is 9.79 Å². The topological polar surface area (TPSA) is 87.6 Å². The number of hydrogen-bond acceptors (Lipinski definition) is 6. The van der Waals surface area contributed by atoms with E-state index in [-0.39, 0.29) is 28.7 Å². The fourth-order valence-corrected chi connectivity index (χ4v) is 7.27. The van der Waals surface area contributed by atoms with Gasteiger partial charge in [-0.25, -0.2) is 8.42 Å². The van der Waals surface area contributed by atoms with Crippen LogP contribution in [-0.4, -0.2) is 48.8 Å². The van der Waals surface area contributed by atoms with Gasteiger partial charge in [0.05, 0.1) is 17.5 Å². The Morgan fingerprint density at radius 2 is 1.90 bits per heavy atom. The summed E-state index contributed by atoms with van der Waals surface area (Å²) in [4.78, 5) is 17.1. The molecule has 0 unspecified atom stereocenters. The predicted octanol–water partition coefficient (Wildman–Crippen LogP) is 2.96. The van der Waals surface area contributed by atoms with E-state index in [0.717, 1.165) is 22.8 Å². The average molecular weight is 444 g/mol. The lowest BCUT2D eigenvalue weighted by atomic mass is 10.1. The molecule has 1 fully saturated rings. The maximum Gasteiger partial charge on any atom is 0.251 e. The van der Waals surface area contributed by atoms with E-state index < -0.39 is 9.84 Å². The highest BCUT2D eigenvalue weighted by molar-refractivity contribution is 8.15. The van der Waals surface area contributed by atoms with Crippen LogP contribution >= 0.6 is 11.8 Å². The van der Waals surface area contributed by atoms with Crippen LogP contribution in [0.15, 0.2) is 47.5 Å². The molecule has 2 aromatic rings. The second kappa shape index (κ2) is 8.43. The van der Waals surface area contributed by atoms with Crippen molar-refractivity contribution in [2.75, 3.05) is 23.4 Å². The fourth-order valence-electron chi connectivity index (χ4n) is 3.61. The van der Waals surface area contributed by atoms with E-state index in [9.17, 15) is 13.2 Å². The average Bonchev–Trinajstić information content (AvgIpc) is 3.17. The van der Waals surface area contributed by atoms with Crippen molar-refractivity contribution in [3.63, 3.8) is 0 Å². The Labute approximate surface area is 181 Å². The number of hydrogen-bond donors (Lipinski definition) is 2. The summed E-state index contributed by atoms with van der Waals surface area (Å²) in [5, 5.41) is 6.97. The molecule has 8 heteroatoms. The second-order valence-corrected chi connectivity index (χ2v) is 11.3. The molecular formula is C22H25N3O3S2. The number of rotatable bonds is 5. The van der Waals surface area contributed by atoms with Gasteiger partial charge in [0.2, 0.25) is 0 Å². The molecular weight excluding hydrogens is 418 g/mol. The fraction of sp³-hybridized carbons (Fsp3) is 0.364.